The molecule has 0 unspecified atom stereocenters. The van der Waals surface area contributed by atoms with Crippen molar-refractivity contribution in [3.63, 3.8) is 0 Å². The molecule has 0 atom stereocenters. The summed E-state index contributed by atoms with van der Waals surface area (Å²) in [5.41, 5.74) is 12.7. The van der Waals surface area contributed by atoms with Gasteiger partial charge in [0.05, 0.1) is 0 Å². The minimum Gasteiger partial charge on any atom is -0.488 e. The molecule has 3 aromatic rings. The summed E-state index contributed by atoms with van der Waals surface area (Å²) in [7, 11) is 0. The number of ether oxygens (including phenoxy) is 2. The van der Waals surface area contributed by atoms with Gasteiger partial charge in [-0.15, -0.1) is 0 Å². The van der Waals surface area contributed by atoms with Crippen molar-refractivity contribution in [2.45, 2.75) is 40.4 Å². The van der Waals surface area contributed by atoms with E-state index in [4.69, 9.17) is 15.2 Å². The fraction of sp³-hybridized carbons (Fsp3) is 0.280. The van der Waals surface area contributed by atoms with Crippen LogP contribution in [0.5, 0.6) is 11.5 Å². The Morgan fingerprint density at radius 2 is 1.11 bits per heavy atom. The zero-order valence-corrected chi connectivity index (χ0v) is 17.0. The molecule has 3 nitrogen and oxygen atoms in total. The SMILES string of the molecule is Cc1c(C)c(OCc2ccccc2)c(CCN)c(C)c1OCc1ccccc1. The molecule has 0 fully saturated rings. The molecule has 0 spiro atoms. The molecule has 28 heavy (non-hydrogen) atoms. The number of benzene rings is 3. The highest BCUT2D eigenvalue weighted by atomic mass is 16.5. The van der Waals surface area contributed by atoms with Gasteiger partial charge in [0.1, 0.15) is 24.7 Å². The van der Waals surface area contributed by atoms with Gasteiger partial charge in [0.15, 0.2) is 0 Å². The van der Waals surface area contributed by atoms with Crippen molar-refractivity contribution in [1.29, 1.82) is 0 Å². The molecule has 0 aliphatic heterocycles. The summed E-state index contributed by atoms with van der Waals surface area (Å²) in [6.07, 6.45) is 0.763. The third-order valence-corrected chi connectivity index (χ3v) is 5.16. The predicted molar refractivity (Wildman–Crippen MR) is 115 cm³/mol. The Hall–Kier alpha value is -2.78. The van der Waals surface area contributed by atoms with Gasteiger partial charge in [-0.3, -0.25) is 0 Å². The van der Waals surface area contributed by atoms with Crippen LogP contribution in [0, 0.1) is 20.8 Å². The van der Waals surface area contributed by atoms with Gasteiger partial charge in [0.25, 0.3) is 0 Å². The minimum absolute atomic E-state index is 0.544. The third-order valence-electron chi connectivity index (χ3n) is 5.16. The number of rotatable bonds is 8. The lowest BCUT2D eigenvalue weighted by atomic mass is 9.95. The van der Waals surface area contributed by atoms with E-state index in [-0.39, 0.29) is 0 Å². The maximum Gasteiger partial charge on any atom is 0.126 e. The van der Waals surface area contributed by atoms with E-state index in [1.807, 2.05) is 36.4 Å². The molecule has 0 bridgehead atoms. The smallest absolute Gasteiger partial charge is 0.126 e. The molecule has 3 aromatic carbocycles. The zero-order chi connectivity index (χ0) is 19.9. The molecule has 3 heteroatoms. The summed E-state index contributed by atoms with van der Waals surface area (Å²) in [5, 5.41) is 0. The highest BCUT2D eigenvalue weighted by Crippen LogP contribution is 2.38. The van der Waals surface area contributed by atoms with Gasteiger partial charge >= 0.3 is 0 Å². The van der Waals surface area contributed by atoms with Crippen molar-refractivity contribution in [2.24, 2.45) is 5.73 Å². The van der Waals surface area contributed by atoms with Gasteiger partial charge in [-0.1, -0.05) is 60.7 Å². The Labute approximate surface area is 168 Å². The van der Waals surface area contributed by atoms with Crippen LogP contribution in [0.4, 0.5) is 0 Å². The van der Waals surface area contributed by atoms with Crippen molar-refractivity contribution in [3.05, 3.63) is 94.0 Å². The monoisotopic (exact) mass is 375 g/mol. The largest absolute Gasteiger partial charge is 0.488 e. The summed E-state index contributed by atoms with van der Waals surface area (Å²) < 4.78 is 12.5. The molecule has 2 N–H and O–H groups in total. The summed E-state index contributed by atoms with van der Waals surface area (Å²) in [6, 6.07) is 20.5. The number of hydrogen-bond donors (Lipinski definition) is 1. The van der Waals surface area contributed by atoms with Crippen LogP contribution in [0.3, 0.4) is 0 Å². The second-order valence-electron chi connectivity index (χ2n) is 7.10. The van der Waals surface area contributed by atoms with Gasteiger partial charge in [-0.2, -0.15) is 0 Å². The first-order chi connectivity index (χ1) is 13.6. The molecule has 0 saturated heterocycles. The normalized spacial score (nSPS) is 10.7. The van der Waals surface area contributed by atoms with E-state index in [0.717, 1.165) is 51.3 Å². The molecule has 0 saturated carbocycles. The lowest BCUT2D eigenvalue weighted by molar-refractivity contribution is 0.289. The molecule has 3 rings (SSSR count). The van der Waals surface area contributed by atoms with Crippen molar-refractivity contribution >= 4 is 0 Å². The van der Waals surface area contributed by atoms with Crippen LogP contribution in [0.15, 0.2) is 60.7 Å². The molecule has 0 amide bonds. The molecule has 0 aliphatic rings. The lowest BCUT2D eigenvalue weighted by Crippen LogP contribution is -2.11. The second kappa shape index (κ2) is 9.43. The molecular formula is C25H29NO2. The van der Waals surface area contributed by atoms with E-state index in [2.05, 4.69) is 45.0 Å². The number of hydrogen-bond acceptors (Lipinski definition) is 3. The van der Waals surface area contributed by atoms with Gasteiger partial charge < -0.3 is 15.2 Å². The fourth-order valence-corrected chi connectivity index (χ4v) is 3.47. The minimum atomic E-state index is 0.544. The van der Waals surface area contributed by atoms with E-state index in [1.165, 1.54) is 0 Å². The third kappa shape index (κ3) is 4.55. The van der Waals surface area contributed by atoms with Gasteiger partial charge in [-0.05, 0) is 61.6 Å². The summed E-state index contributed by atoms with van der Waals surface area (Å²) >= 11 is 0. The fourth-order valence-electron chi connectivity index (χ4n) is 3.47. The first kappa shape index (κ1) is 20.0. The van der Waals surface area contributed by atoms with E-state index in [1.54, 1.807) is 0 Å². The summed E-state index contributed by atoms with van der Waals surface area (Å²) in [5.74, 6) is 1.88. The first-order valence-electron chi connectivity index (χ1n) is 9.78. The number of nitrogens with two attached hydrogens (primary N) is 1. The molecule has 0 aliphatic carbocycles. The average Bonchev–Trinajstić information content (AvgIpc) is 2.73. The Morgan fingerprint density at radius 3 is 1.61 bits per heavy atom. The zero-order valence-electron chi connectivity index (χ0n) is 17.0. The van der Waals surface area contributed by atoms with Gasteiger partial charge in [0.2, 0.25) is 0 Å². The van der Waals surface area contributed by atoms with Crippen LogP contribution in [0.1, 0.15) is 33.4 Å². The predicted octanol–water partition coefficient (Wildman–Crippen LogP) is 5.27. The Balaban J connectivity index is 1.90. The lowest BCUT2D eigenvalue weighted by Gasteiger charge is -2.22. The van der Waals surface area contributed by atoms with E-state index >= 15 is 0 Å². The first-order valence-corrected chi connectivity index (χ1v) is 9.78. The topological polar surface area (TPSA) is 44.5 Å². The van der Waals surface area contributed by atoms with Crippen molar-refractivity contribution in [1.82, 2.24) is 0 Å². The van der Waals surface area contributed by atoms with Crippen molar-refractivity contribution in [3.8, 4) is 11.5 Å². The molecular weight excluding hydrogens is 346 g/mol. The van der Waals surface area contributed by atoms with Crippen LogP contribution < -0.4 is 15.2 Å². The molecule has 0 radical (unpaired) electrons. The standard InChI is InChI=1S/C25H29NO2/c1-18-19(2)25(28-17-22-12-8-5-9-13-22)23(14-15-26)20(3)24(18)27-16-21-10-6-4-7-11-21/h4-13H,14-17,26H2,1-3H3. The van der Waals surface area contributed by atoms with Crippen LogP contribution in [-0.4, -0.2) is 6.54 Å². The van der Waals surface area contributed by atoms with E-state index in [9.17, 15) is 0 Å². The van der Waals surface area contributed by atoms with E-state index < -0.39 is 0 Å². The van der Waals surface area contributed by atoms with Crippen molar-refractivity contribution in [2.75, 3.05) is 6.54 Å². The van der Waals surface area contributed by atoms with Crippen molar-refractivity contribution < 1.29 is 9.47 Å². The van der Waals surface area contributed by atoms with Gasteiger partial charge in [0, 0.05) is 5.56 Å². The van der Waals surface area contributed by atoms with Gasteiger partial charge in [-0.25, -0.2) is 0 Å². The average molecular weight is 376 g/mol. The Kier molecular flexibility index (Phi) is 6.72. The Bertz CT molecular complexity index is 905. The van der Waals surface area contributed by atoms with Crippen LogP contribution >= 0.6 is 0 Å². The highest BCUT2D eigenvalue weighted by Gasteiger charge is 2.19. The van der Waals surface area contributed by atoms with Crippen LogP contribution in [-0.2, 0) is 19.6 Å². The van der Waals surface area contributed by atoms with E-state index in [0.29, 0.717) is 19.8 Å². The Morgan fingerprint density at radius 1 is 0.643 bits per heavy atom. The highest BCUT2D eigenvalue weighted by molar-refractivity contribution is 5.58. The maximum atomic E-state index is 6.27. The maximum absolute atomic E-state index is 6.27. The quantitative estimate of drug-likeness (QED) is 0.583. The molecule has 0 aromatic heterocycles. The molecule has 0 heterocycles. The van der Waals surface area contributed by atoms with Crippen LogP contribution in [0.25, 0.3) is 0 Å². The summed E-state index contributed by atoms with van der Waals surface area (Å²) in [4.78, 5) is 0. The molecule has 146 valence electrons. The second-order valence-corrected chi connectivity index (χ2v) is 7.10. The summed E-state index contributed by atoms with van der Waals surface area (Å²) in [6.45, 7) is 7.97. The van der Waals surface area contributed by atoms with Crippen LogP contribution in [0.2, 0.25) is 0 Å².